The summed E-state index contributed by atoms with van der Waals surface area (Å²) in [6.07, 6.45) is 0.869. The van der Waals surface area contributed by atoms with E-state index >= 15 is 0 Å². The molecule has 0 bridgehead atoms. The molecule has 2 nitrogen and oxygen atoms in total. The summed E-state index contributed by atoms with van der Waals surface area (Å²) in [4.78, 5) is 11.9. The van der Waals surface area contributed by atoms with Crippen molar-refractivity contribution in [2.45, 2.75) is 53.5 Å². The minimum Gasteiger partial charge on any atom is -0.315 e. The maximum absolute atomic E-state index is 11.9. The van der Waals surface area contributed by atoms with E-state index in [1.807, 2.05) is 34.7 Å². The van der Waals surface area contributed by atoms with Gasteiger partial charge in [0, 0.05) is 16.9 Å². The molecule has 0 aromatic heterocycles. The lowest BCUT2D eigenvalue weighted by atomic mass is 9.74. The molecule has 1 N–H and O–H groups in total. The van der Waals surface area contributed by atoms with Crippen LogP contribution in [0, 0.1) is 11.3 Å². The molecule has 0 aliphatic rings. The predicted octanol–water partition coefficient (Wildman–Crippen LogP) is 2.63. The molecule has 0 aliphatic heterocycles. The highest BCUT2D eigenvalue weighted by molar-refractivity contribution is 5.85. The lowest BCUT2D eigenvalue weighted by molar-refractivity contribution is -0.131. The first-order chi connectivity index (χ1) is 6.12. The van der Waals surface area contributed by atoms with E-state index in [9.17, 15) is 4.79 Å². The molecule has 14 heavy (non-hydrogen) atoms. The summed E-state index contributed by atoms with van der Waals surface area (Å²) in [7, 11) is 1.94. The molecular weight excluding hydrogens is 174 g/mol. The fraction of sp³-hybridized carbons (Fsp3) is 0.917. The van der Waals surface area contributed by atoms with Crippen molar-refractivity contribution in [3.05, 3.63) is 0 Å². The summed E-state index contributed by atoms with van der Waals surface area (Å²) in [5, 5.41) is 3.24. The summed E-state index contributed by atoms with van der Waals surface area (Å²) < 4.78 is 0. The highest BCUT2D eigenvalue weighted by atomic mass is 16.1. The van der Waals surface area contributed by atoms with Gasteiger partial charge in [-0.1, -0.05) is 27.7 Å². The number of ketones is 1. The van der Waals surface area contributed by atoms with Gasteiger partial charge in [0.1, 0.15) is 5.78 Å². The molecule has 0 heterocycles. The van der Waals surface area contributed by atoms with E-state index in [2.05, 4.69) is 19.2 Å². The van der Waals surface area contributed by atoms with Crippen molar-refractivity contribution >= 4 is 5.78 Å². The summed E-state index contributed by atoms with van der Waals surface area (Å²) in [6.45, 7) is 12.3. The summed E-state index contributed by atoms with van der Waals surface area (Å²) in [5.41, 5.74) is -0.214. The minimum atomic E-state index is -0.235. The highest BCUT2D eigenvalue weighted by Crippen LogP contribution is 2.31. The van der Waals surface area contributed by atoms with Crippen molar-refractivity contribution in [3.8, 4) is 0 Å². The molecule has 0 unspecified atom stereocenters. The minimum absolute atomic E-state index is 0.0219. The molecule has 2 heteroatoms. The number of hydrogen-bond acceptors (Lipinski definition) is 2. The van der Waals surface area contributed by atoms with Crippen LogP contribution in [-0.2, 0) is 4.79 Å². The van der Waals surface area contributed by atoms with Gasteiger partial charge in [-0.2, -0.15) is 0 Å². The monoisotopic (exact) mass is 199 g/mol. The van der Waals surface area contributed by atoms with Crippen LogP contribution in [0.3, 0.4) is 0 Å². The van der Waals surface area contributed by atoms with Crippen LogP contribution in [0.25, 0.3) is 0 Å². The van der Waals surface area contributed by atoms with Gasteiger partial charge in [0.05, 0.1) is 0 Å². The highest BCUT2D eigenvalue weighted by Gasteiger charge is 2.34. The second kappa shape index (κ2) is 4.43. The number of hydrogen-bond donors (Lipinski definition) is 1. The quantitative estimate of drug-likeness (QED) is 0.737. The normalized spacial score (nSPS) is 13.4. The predicted molar refractivity (Wildman–Crippen MR) is 61.4 cm³/mol. The van der Waals surface area contributed by atoms with Gasteiger partial charge in [-0.15, -0.1) is 0 Å². The van der Waals surface area contributed by atoms with Gasteiger partial charge >= 0.3 is 0 Å². The Morgan fingerprint density at radius 3 is 1.93 bits per heavy atom. The van der Waals surface area contributed by atoms with Gasteiger partial charge in [0.2, 0.25) is 0 Å². The second-order valence-corrected chi connectivity index (χ2v) is 5.71. The van der Waals surface area contributed by atoms with E-state index in [0.717, 1.165) is 6.42 Å². The maximum atomic E-state index is 11.9. The fourth-order valence-corrected chi connectivity index (χ4v) is 2.06. The van der Waals surface area contributed by atoms with E-state index in [1.54, 1.807) is 0 Å². The Balaban J connectivity index is 4.56. The van der Waals surface area contributed by atoms with Gasteiger partial charge in [0.25, 0.3) is 0 Å². The van der Waals surface area contributed by atoms with Gasteiger partial charge in [-0.05, 0) is 27.3 Å². The summed E-state index contributed by atoms with van der Waals surface area (Å²) in [5.74, 6) is 0.471. The van der Waals surface area contributed by atoms with Crippen molar-refractivity contribution in [2.24, 2.45) is 11.3 Å². The Bertz CT molecular complexity index is 204. The third kappa shape index (κ3) is 3.79. The van der Waals surface area contributed by atoms with Crippen molar-refractivity contribution in [2.75, 3.05) is 7.05 Å². The van der Waals surface area contributed by atoms with Crippen LogP contribution in [-0.4, -0.2) is 18.4 Å². The zero-order valence-corrected chi connectivity index (χ0v) is 10.7. The van der Waals surface area contributed by atoms with Gasteiger partial charge < -0.3 is 5.32 Å². The molecule has 0 amide bonds. The van der Waals surface area contributed by atoms with Crippen molar-refractivity contribution in [3.63, 3.8) is 0 Å². The van der Waals surface area contributed by atoms with Gasteiger partial charge in [-0.25, -0.2) is 0 Å². The van der Waals surface area contributed by atoms with E-state index in [-0.39, 0.29) is 16.9 Å². The average Bonchev–Trinajstić information content (AvgIpc) is 2.01. The lowest BCUT2D eigenvalue weighted by Gasteiger charge is -2.34. The largest absolute Gasteiger partial charge is 0.315 e. The Hall–Kier alpha value is -0.370. The van der Waals surface area contributed by atoms with Crippen LogP contribution in [0.1, 0.15) is 48.0 Å². The molecule has 0 fully saturated rings. The van der Waals surface area contributed by atoms with Crippen LogP contribution in [0.4, 0.5) is 0 Å². The molecule has 0 radical (unpaired) electrons. The molecule has 0 rings (SSSR count). The number of Topliss-reactive ketones (excluding diaryl/α,β-unsaturated/α-hetero) is 1. The van der Waals surface area contributed by atoms with Gasteiger partial charge in [0.15, 0.2) is 0 Å². The molecule has 0 spiro atoms. The Labute approximate surface area is 88.5 Å². The van der Waals surface area contributed by atoms with Crippen LogP contribution in [0.5, 0.6) is 0 Å². The van der Waals surface area contributed by atoms with Crippen molar-refractivity contribution in [1.82, 2.24) is 5.32 Å². The Morgan fingerprint density at radius 2 is 1.64 bits per heavy atom. The third-order valence-electron chi connectivity index (χ3n) is 2.75. The van der Waals surface area contributed by atoms with Crippen LogP contribution in [0.15, 0.2) is 0 Å². The molecule has 84 valence electrons. The standard InChI is InChI=1S/C12H25NO/c1-9(2)10(14)11(3,4)8-12(5,6)13-7/h9,13H,8H2,1-7H3. The topological polar surface area (TPSA) is 29.1 Å². The van der Waals surface area contributed by atoms with Crippen molar-refractivity contribution < 1.29 is 4.79 Å². The molecule has 0 saturated heterocycles. The lowest BCUT2D eigenvalue weighted by Crippen LogP contribution is -2.43. The van der Waals surface area contributed by atoms with Crippen molar-refractivity contribution in [1.29, 1.82) is 0 Å². The zero-order valence-electron chi connectivity index (χ0n) is 10.7. The van der Waals surface area contributed by atoms with E-state index in [0.29, 0.717) is 5.78 Å². The smallest absolute Gasteiger partial charge is 0.141 e. The van der Waals surface area contributed by atoms with Crippen LogP contribution < -0.4 is 5.32 Å². The average molecular weight is 199 g/mol. The molecule has 0 saturated carbocycles. The molecule has 0 atom stereocenters. The first-order valence-corrected chi connectivity index (χ1v) is 5.35. The molecule has 0 aromatic rings. The number of nitrogens with one attached hydrogen (secondary N) is 1. The van der Waals surface area contributed by atoms with E-state index < -0.39 is 0 Å². The van der Waals surface area contributed by atoms with E-state index in [4.69, 9.17) is 0 Å². The summed E-state index contributed by atoms with van der Waals surface area (Å²) >= 11 is 0. The SMILES string of the molecule is CNC(C)(C)CC(C)(C)C(=O)C(C)C. The first-order valence-electron chi connectivity index (χ1n) is 5.35. The van der Waals surface area contributed by atoms with Crippen LogP contribution >= 0.6 is 0 Å². The Kier molecular flexibility index (Phi) is 4.32. The van der Waals surface area contributed by atoms with E-state index in [1.165, 1.54) is 0 Å². The number of carbonyl (C=O) groups is 1. The Morgan fingerprint density at radius 1 is 1.21 bits per heavy atom. The fourth-order valence-electron chi connectivity index (χ4n) is 2.06. The molecule has 0 aliphatic carbocycles. The number of rotatable bonds is 5. The molecular formula is C12H25NO. The van der Waals surface area contributed by atoms with Crippen LogP contribution in [0.2, 0.25) is 0 Å². The number of carbonyl (C=O) groups excluding carboxylic acids is 1. The third-order valence-corrected chi connectivity index (χ3v) is 2.75. The maximum Gasteiger partial charge on any atom is 0.141 e. The first kappa shape index (κ1) is 13.6. The zero-order chi connectivity index (χ0) is 11.6. The summed E-state index contributed by atoms with van der Waals surface area (Å²) in [6, 6.07) is 0. The molecule has 0 aromatic carbocycles. The second-order valence-electron chi connectivity index (χ2n) is 5.71. The van der Waals surface area contributed by atoms with Gasteiger partial charge in [-0.3, -0.25) is 4.79 Å².